The van der Waals surface area contributed by atoms with Crippen LogP contribution in [0.1, 0.15) is 35.6 Å². The highest BCUT2D eigenvalue weighted by atomic mass is 16.2. The topological polar surface area (TPSA) is 25.2 Å². The fourth-order valence-corrected chi connectivity index (χ4v) is 3.96. The van der Waals surface area contributed by atoms with Gasteiger partial charge in [-0.05, 0) is 54.7 Å². The van der Waals surface area contributed by atoms with Crippen LogP contribution < -0.4 is 4.90 Å². The van der Waals surface area contributed by atoms with Crippen LogP contribution in [0.2, 0.25) is 0 Å². The second kappa shape index (κ2) is 7.20. The molecule has 1 amide bonds. The molecule has 0 aliphatic carbocycles. The van der Waals surface area contributed by atoms with Gasteiger partial charge in [0.05, 0.1) is 12.5 Å². The largest absolute Gasteiger partial charge is 0.346 e. The molecular weight excluding hydrogens is 320 g/mol. The van der Waals surface area contributed by atoms with Gasteiger partial charge in [0, 0.05) is 24.6 Å². The van der Waals surface area contributed by atoms with Crippen molar-refractivity contribution in [3.05, 3.63) is 89.7 Å². The average Bonchev–Trinajstić information content (AvgIpc) is 3.21. The molecule has 0 N–H and O–H groups in total. The molecule has 2 aromatic carbocycles. The van der Waals surface area contributed by atoms with Gasteiger partial charge in [-0.25, -0.2) is 0 Å². The number of carbonyl (C=O) groups excluding carboxylic acids is 1. The third-order valence-electron chi connectivity index (χ3n) is 5.31. The Bertz CT molecular complexity index is 898. The third kappa shape index (κ3) is 3.17. The number of fused-ring (bicyclic) bond motifs is 1. The highest BCUT2D eigenvalue weighted by molar-refractivity contribution is 5.95. The number of amides is 1. The molecule has 0 bridgehead atoms. The lowest BCUT2D eigenvalue weighted by Gasteiger charge is -2.31. The van der Waals surface area contributed by atoms with Gasteiger partial charge in [-0.2, -0.15) is 0 Å². The van der Waals surface area contributed by atoms with Crippen molar-refractivity contribution in [1.82, 2.24) is 4.57 Å². The number of anilines is 1. The number of aryl methyl sites for hydroxylation is 2. The van der Waals surface area contributed by atoms with Crippen LogP contribution in [-0.2, 0) is 11.2 Å². The van der Waals surface area contributed by atoms with E-state index in [1.807, 2.05) is 29.2 Å². The molecule has 26 heavy (non-hydrogen) atoms. The van der Waals surface area contributed by atoms with Gasteiger partial charge in [0.1, 0.15) is 0 Å². The first-order valence-corrected chi connectivity index (χ1v) is 9.30. The Morgan fingerprint density at radius 2 is 1.73 bits per heavy atom. The molecule has 0 spiro atoms. The summed E-state index contributed by atoms with van der Waals surface area (Å²) < 4.78 is 2.15. The first-order valence-electron chi connectivity index (χ1n) is 9.30. The zero-order valence-corrected chi connectivity index (χ0v) is 15.1. The lowest BCUT2D eigenvalue weighted by molar-refractivity contribution is -0.119. The number of nitrogens with zero attached hydrogens (tertiary/aromatic N) is 2. The van der Waals surface area contributed by atoms with E-state index in [9.17, 15) is 4.79 Å². The Morgan fingerprint density at radius 3 is 2.54 bits per heavy atom. The monoisotopic (exact) mass is 344 g/mol. The van der Waals surface area contributed by atoms with E-state index in [0.717, 1.165) is 25.1 Å². The third-order valence-corrected chi connectivity index (χ3v) is 5.31. The summed E-state index contributed by atoms with van der Waals surface area (Å²) >= 11 is 0. The summed E-state index contributed by atoms with van der Waals surface area (Å²) in [6, 6.07) is 20.7. The average molecular weight is 344 g/mol. The minimum atomic E-state index is 0.0211. The smallest absolute Gasteiger partial charge is 0.229 e. The van der Waals surface area contributed by atoms with Crippen LogP contribution >= 0.6 is 0 Å². The van der Waals surface area contributed by atoms with Crippen molar-refractivity contribution >= 4 is 11.6 Å². The molecule has 132 valence electrons. The van der Waals surface area contributed by atoms with Crippen molar-refractivity contribution in [2.45, 2.75) is 32.2 Å². The number of aromatic nitrogens is 1. The van der Waals surface area contributed by atoms with Gasteiger partial charge in [-0.15, -0.1) is 0 Å². The van der Waals surface area contributed by atoms with Crippen LogP contribution in [0.3, 0.4) is 0 Å². The summed E-state index contributed by atoms with van der Waals surface area (Å²) in [7, 11) is 0. The molecule has 0 saturated carbocycles. The molecule has 0 fully saturated rings. The summed E-state index contributed by atoms with van der Waals surface area (Å²) in [6.07, 6.45) is 6.65. The van der Waals surface area contributed by atoms with Crippen molar-refractivity contribution < 1.29 is 4.79 Å². The van der Waals surface area contributed by atoms with E-state index >= 15 is 0 Å². The summed E-state index contributed by atoms with van der Waals surface area (Å²) in [5.74, 6) is 0.194. The lowest BCUT2D eigenvalue weighted by atomic mass is 9.96. The number of hydrogen-bond acceptors (Lipinski definition) is 1. The fourth-order valence-electron chi connectivity index (χ4n) is 3.96. The van der Waals surface area contributed by atoms with Crippen molar-refractivity contribution in [2.24, 2.45) is 0 Å². The maximum Gasteiger partial charge on any atom is 0.229 e. The molecule has 0 saturated heterocycles. The highest BCUT2D eigenvalue weighted by Crippen LogP contribution is 2.31. The summed E-state index contributed by atoms with van der Waals surface area (Å²) in [5, 5.41) is 0. The normalized spacial score (nSPS) is 14.7. The molecular formula is C23H24N2O. The molecule has 0 radical (unpaired) electrons. The number of para-hydroxylation sites is 1. The van der Waals surface area contributed by atoms with Crippen molar-refractivity contribution in [3.63, 3.8) is 0 Å². The van der Waals surface area contributed by atoms with E-state index in [1.54, 1.807) is 0 Å². The van der Waals surface area contributed by atoms with Crippen LogP contribution in [0.5, 0.6) is 0 Å². The van der Waals surface area contributed by atoms with Gasteiger partial charge in [0.2, 0.25) is 5.91 Å². The first-order chi connectivity index (χ1) is 12.7. The van der Waals surface area contributed by atoms with Crippen molar-refractivity contribution in [1.29, 1.82) is 0 Å². The summed E-state index contributed by atoms with van der Waals surface area (Å²) in [4.78, 5) is 15.2. The first kappa shape index (κ1) is 16.6. The molecule has 1 aliphatic heterocycles. The number of carbonyl (C=O) groups is 1. The molecule has 3 aromatic rings. The zero-order valence-electron chi connectivity index (χ0n) is 15.1. The molecule has 3 nitrogen and oxygen atoms in total. The molecule has 2 heterocycles. The van der Waals surface area contributed by atoms with E-state index in [2.05, 4.69) is 60.3 Å². The highest BCUT2D eigenvalue weighted by Gasteiger charge is 2.26. The summed E-state index contributed by atoms with van der Waals surface area (Å²) in [6.45, 7) is 2.93. The maximum atomic E-state index is 13.3. The fraction of sp³-hybridized carbons (Fsp3) is 0.261. The van der Waals surface area contributed by atoms with Crippen LogP contribution in [0.4, 0.5) is 5.69 Å². The minimum absolute atomic E-state index is 0.0211. The molecule has 0 unspecified atom stereocenters. The lowest BCUT2D eigenvalue weighted by Crippen LogP contribution is -2.36. The van der Waals surface area contributed by atoms with Crippen molar-refractivity contribution in [2.75, 3.05) is 11.4 Å². The van der Waals surface area contributed by atoms with E-state index < -0.39 is 0 Å². The Morgan fingerprint density at radius 1 is 1.00 bits per heavy atom. The molecule has 4 rings (SSSR count). The summed E-state index contributed by atoms with van der Waals surface area (Å²) in [5.41, 5.74) is 4.79. The predicted octanol–water partition coefficient (Wildman–Crippen LogP) is 4.76. The van der Waals surface area contributed by atoms with E-state index in [-0.39, 0.29) is 11.9 Å². The Balaban J connectivity index is 1.65. The Labute approximate surface area is 154 Å². The molecule has 3 heteroatoms. The standard InChI is InChI=1S/C23H24N2O/c1-18-9-2-4-12-20(18)22(24-14-6-7-15-24)17-23(26)25-16-8-11-19-10-3-5-13-21(19)25/h2-7,9-10,12-15,22H,8,11,16-17H2,1H3/t22-/m1/s1. The van der Waals surface area contributed by atoms with Gasteiger partial charge in [0.15, 0.2) is 0 Å². The molecule has 1 aromatic heterocycles. The van der Waals surface area contributed by atoms with Gasteiger partial charge < -0.3 is 9.47 Å². The van der Waals surface area contributed by atoms with Crippen LogP contribution in [0.25, 0.3) is 0 Å². The molecule has 1 aliphatic rings. The van der Waals surface area contributed by atoms with Crippen molar-refractivity contribution in [3.8, 4) is 0 Å². The Kier molecular flexibility index (Phi) is 4.61. The van der Waals surface area contributed by atoms with Gasteiger partial charge in [-0.1, -0.05) is 42.5 Å². The second-order valence-electron chi connectivity index (χ2n) is 6.98. The van der Waals surface area contributed by atoms with Gasteiger partial charge in [-0.3, -0.25) is 4.79 Å². The van der Waals surface area contributed by atoms with E-state index in [1.165, 1.54) is 16.7 Å². The minimum Gasteiger partial charge on any atom is -0.346 e. The predicted molar refractivity (Wildman–Crippen MR) is 105 cm³/mol. The van der Waals surface area contributed by atoms with Crippen LogP contribution in [-0.4, -0.2) is 17.0 Å². The molecule has 1 atom stereocenters. The quantitative estimate of drug-likeness (QED) is 0.670. The second-order valence-corrected chi connectivity index (χ2v) is 6.98. The number of rotatable bonds is 4. The Hall–Kier alpha value is -2.81. The van der Waals surface area contributed by atoms with Gasteiger partial charge in [0.25, 0.3) is 0 Å². The van der Waals surface area contributed by atoms with E-state index in [0.29, 0.717) is 6.42 Å². The number of benzene rings is 2. The maximum absolute atomic E-state index is 13.3. The van der Waals surface area contributed by atoms with Crippen LogP contribution in [0.15, 0.2) is 73.1 Å². The van der Waals surface area contributed by atoms with Crippen LogP contribution in [0, 0.1) is 6.92 Å². The number of hydrogen-bond donors (Lipinski definition) is 0. The van der Waals surface area contributed by atoms with E-state index in [4.69, 9.17) is 0 Å². The zero-order chi connectivity index (χ0) is 17.9. The van der Waals surface area contributed by atoms with Gasteiger partial charge >= 0.3 is 0 Å². The SMILES string of the molecule is Cc1ccccc1[C@@H](CC(=O)N1CCCc2ccccc21)n1cccc1.